The molecule has 0 radical (unpaired) electrons. The third-order valence-electron chi connectivity index (χ3n) is 2.92. The Morgan fingerprint density at radius 1 is 0.882 bits per heavy atom. The molecule has 0 aromatic carbocycles. The number of alkyl halides is 3. The predicted molar refractivity (Wildman–Crippen MR) is 65.9 cm³/mol. The Morgan fingerprint density at radius 2 is 1.35 bits per heavy atom. The van der Waals surface area contributed by atoms with Crippen LogP contribution in [0.2, 0.25) is 0 Å². The SMILES string of the molecule is CCCCCCCCCCC(N)CC(F)(F)F. The van der Waals surface area contributed by atoms with Gasteiger partial charge >= 0.3 is 6.18 Å². The van der Waals surface area contributed by atoms with Crippen molar-refractivity contribution in [1.29, 1.82) is 0 Å². The molecule has 104 valence electrons. The Labute approximate surface area is 103 Å². The van der Waals surface area contributed by atoms with Crippen LogP contribution in [0, 0.1) is 0 Å². The molecular weight excluding hydrogens is 227 g/mol. The molecule has 0 saturated carbocycles. The lowest BCUT2D eigenvalue weighted by molar-refractivity contribution is -0.138. The van der Waals surface area contributed by atoms with Gasteiger partial charge in [0.1, 0.15) is 0 Å². The predicted octanol–water partition coefficient (Wildman–Crippen LogP) is 4.80. The van der Waals surface area contributed by atoms with E-state index in [1.807, 2.05) is 0 Å². The molecule has 1 nitrogen and oxygen atoms in total. The fraction of sp³-hybridized carbons (Fsp3) is 1.00. The van der Waals surface area contributed by atoms with E-state index in [2.05, 4.69) is 6.92 Å². The van der Waals surface area contributed by atoms with Crippen LogP contribution in [-0.4, -0.2) is 12.2 Å². The van der Waals surface area contributed by atoms with E-state index in [0.717, 1.165) is 19.3 Å². The molecule has 0 bridgehead atoms. The van der Waals surface area contributed by atoms with Crippen LogP contribution in [0.4, 0.5) is 13.2 Å². The van der Waals surface area contributed by atoms with Crippen molar-refractivity contribution in [3.63, 3.8) is 0 Å². The Kier molecular flexibility index (Phi) is 9.60. The maximum absolute atomic E-state index is 12.0. The van der Waals surface area contributed by atoms with Crippen molar-refractivity contribution in [2.24, 2.45) is 5.73 Å². The van der Waals surface area contributed by atoms with Crippen molar-refractivity contribution in [1.82, 2.24) is 0 Å². The van der Waals surface area contributed by atoms with Crippen LogP contribution in [0.15, 0.2) is 0 Å². The zero-order chi connectivity index (χ0) is 13.1. The number of nitrogens with two attached hydrogens (primary N) is 1. The van der Waals surface area contributed by atoms with Gasteiger partial charge in [-0.1, -0.05) is 58.3 Å². The van der Waals surface area contributed by atoms with Gasteiger partial charge in [0.2, 0.25) is 0 Å². The van der Waals surface area contributed by atoms with Crippen molar-refractivity contribution in [3.8, 4) is 0 Å². The largest absolute Gasteiger partial charge is 0.390 e. The Balaban J connectivity index is 3.22. The van der Waals surface area contributed by atoms with Gasteiger partial charge in [-0.05, 0) is 6.42 Å². The van der Waals surface area contributed by atoms with Gasteiger partial charge in [-0.3, -0.25) is 0 Å². The van der Waals surface area contributed by atoms with Crippen molar-refractivity contribution in [2.75, 3.05) is 0 Å². The molecule has 0 amide bonds. The highest BCUT2D eigenvalue weighted by Crippen LogP contribution is 2.22. The smallest absolute Gasteiger partial charge is 0.327 e. The van der Waals surface area contributed by atoms with E-state index in [1.54, 1.807) is 0 Å². The molecule has 0 aliphatic heterocycles. The fourth-order valence-corrected chi connectivity index (χ4v) is 1.94. The molecule has 4 heteroatoms. The molecule has 2 N–H and O–H groups in total. The van der Waals surface area contributed by atoms with Crippen molar-refractivity contribution < 1.29 is 13.2 Å². The number of hydrogen-bond acceptors (Lipinski definition) is 1. The lowest BCUT2D eigenvalue weighted by Crippen LogP contribution is -2.27. The maximum atomic E-state index is 12.0. The summed E-state index contributed by atoms with van der Waals surface area (Å²) in [7, 11) is 0. The summed E-state index contributed by atoms with van der Waals surface area (Å²) in [6, 6.07) is -0.713. The molecule has 1 atom stereocenters. The summed E-state index contributed by atoms with van der Waals surface area (Å²) in [5.74, 6) is 0. The number of halogens is 3. The van der Waals surface area contributed by atoms with Gasteiger partial charge in [0.05, 0.1) is 6.42 Å². The lowest BCUT2D eigenvalue weighted by atomic mass is 10.0. The van der Waals surface area contributed by atoms with Crippen molar-refractivity contribution in [3.05, 3.63) is 0 Å². The molecule has 0 heterocycles. The van der Waals surface area contributed by atoms with Gasteiger partial charge < -0.3 is 5.73 Å². The molecule has 0 rings (SSSR count). The highest BCUT2D eigenvalue weighted by Gasteiger charge is 2.29. The van der Waals surface area contributed by atoms with Crippen LogP contribution < -0.4 is 5.73 Å². The molecule has 0 aromatic heterocycles. The van der Waals surface area contributed by atoms with Crippen molar-refractivity contribution >= 4 is 0 Å². The number of rotatable bonds is 10. The minimum absolute atomic E-state index is 0.495. The summed E-state index contributed by atoms with van der Waals surface area (Å²) in [5, 5.41) is 0. The van der Waals surface area contributed by atoms with E-state index in [9.17, 15) is 13.2 Å². The van der Waals surface area contributed by atoms with E-state index in [-0.39, 0.29) is 0 Å². The monoisotopic (exact) mass is 253 g/mol. The first-order valence-electron chi connectivity index (χ1n) is 6.78. The second kappa shape index (κ2) is 9.75. The van der Waals surface area contributed by atoms with Crippen LogP contribution in [0.3, 0.4) is 0 Å². The Morgan fingerprint density at radius 3 is 1.82 bits per heavy atom. The molecular formula is C13H26F3N. The van der Waals surface area contributed by atoms with E-state index in [0.29, 0.717) is 6.42 Å². The van der Waals surface area contributed by atoms with Crippen LogP contribution >= 0.6 is 0 Å². The second-order valence-electron chi connectivity index (χ2n) is 4.84. The minimum atomic E-state index is -4.11. The van der Waals surface area contributed by atoms with Crippen LogP contribution in [0.25, 0.3) is 0 Å². The first-order chi connectivity index (χ1) is 7.95. The van der Waals surface area contributed by atoms with Gasteiger partial charge in [-0.15, -0.1) is 0 Å². The topological polar surface area (TPSA) is 26.0 Å². The standard InChI is InChI=1S/C13H26F3N/c1-2-3-4-5-6-7-8-9-10-12(17)11-13(14,15)16/h12H,2-11,17H2,1H3. The maximum Gasteiger partial charge on any atom is 0.390 e. The molecule has 17 heavy (non-hydrogen) atoms. The third kappa shape index (κ3) is 13.7. The summed E-state index contributed by atoms with van der Waals surface area (Å²) in [4.78, 5) is 0. The molecule has 0 saturated heterocycles. The normalized spacial score (nSPS) is 13.9. The Bertz CT molecular complexity index is 169. The van der Waals surface area contributed by atoms with Crippen LogP contribution in [-0.2, 0) is 0 Å². The van der Waals surface area contributed by atoms with Gasteiger partial charge in [-0.2, -0.15) is 13.2 Å². The molecule has 1 unspecified atom stereocenters. The fourth-order valence-electron chi connectivity index (χ4n) is 1.94. The molecule has 0 aliphatic carbocycles. The molecule has 0 spiro atoms. The summed E-state index contributed by atoms with van der Waals surface area (Å²) in [5.41, 5.74) is 5.42. The van der Waals surface area contributed by atoms with Crippen LogP contribution in [0.1, 0.15) is 71.1 Å². The highest BCUT2D eigenvalue weighted by molar-refractivity contribution is 4.66. The average molecular weight is 253 g/mol. The summed E-state index contributed by atoms with van der Waals surface area (Å²) in [6.45, 7) is 2.18. The van der Waals surface area contributed by atoms with E-state index >= 15 is 0 Å². The lowest BCUT2D eigenvalue weighted by Gasteiger charge is -2.13. The zero-order valence-corrected chi connectivity index (χ0v) is 10.9. The first kappa shape index (κ1) is 16.8. The number of unbranched alkanes of at least 4 members (excludes halogenated alkanes) is 7. The number of hydrogen-bond donors (Lipinski definition) is 1. The third-order valence-corrected chi connectivity index (χ3v) is 2.92. The second-order valence-corrected chi connectivity index (χ2v) is 4.84. The zero-order valence-electron chi connectivity index (χ0n) is 10.9. The quantitative estimate of drug-likeness (QED) is 0.556. The summed E-state index contributed by atoms with van der Waals surface area (Å²) < 4.78 is 35.9. The average Bonchev–Trinajstić information content (AvgIpc) is 2.19. The van der Waals surface area contributed by atoms with Gasteiger partial charge in [0.25, 0.3) is 0 Å². The first-order valence-corrected chi connectivity index (χ1v) is 6.78. The molecule has 0 fully saturated rings. The molecule has 0 aromatic rings. The highest BCUT2D eigenvalue weighted by atomic mass is 19.4. The Hall–Kier alpha value is -0.250. The van der Waals surface area contributed by atoms with E-state index < -0.39 is 18.6 Å². The van der Waals surface area contributed by atoms with Gasteiger partial charge in [-0.25, -0.2) is 0 Å². The molecule has 0 aliphatic rings. The summed E-state index contributed by atoms with van der Waals surface area (Å²) >= 11 is 0. The van der Waals surface area contributed by atoms with Crippen LogP contribution in [0.5, 0.6) is 0 Å². The van der Waals surface area contributed by atoms with E-state index in [1.165, 1.54) is 32.1 Å². The van der Waals surface area contributed by atoms with Gasteiger partial charge in [0, 0.05) is 6.04 Å². The summed E-state index contributed by atoms with van der Waals surface area (Å²) in [6.07, 6.45) is 4.77. The van der Waals surface area contributed by atoms with Crippen molar-refractivity contribution in [2.45, 2.75) is 83.4 Å². The minimum Gasteiger partial charge on any atom is -0.327 e. The van der Waals surface area contributed by atoms with Gasteiger partial charge in [0.15, 0.2) is 0 Å². The van der Waals surface area contributed by atoms with E-state index in [4.69, 9.17) is 5.73 Å².